The summed E-state index contributed by atoms with van der Waals surface area (Å²) in [5, 5.41) is 0. The Kier molecular flexibility index (Phi) is 4.77. The number of anilines is 1. The van der Waals surface area contributed by atoms with Gasteiger partial charge < -0.3 is 15.4 Å². The van der Waals surface area contributed by atoms with E-state index in [4.69, 9.17) is 22.7 Å². The van der Waals surface area contributed by atoms with Gasteiger partial charge in [-0.15, -0.1) is 0 Å². The molecule has 1 aromatic rings. The molecule has 0 aliphatic heterocycles. The van der Waals surface area contributed by atoms with E-state index >= 15 is 0 Å². The smallest absolute Gasteiger partial charge is 0.103 e. The molecular formula is C15H22N2OS. The average molecular weight is 278 g/mol. The fourth-order valence-electron chi connectivity index (χ4n) is 2.41. The fraction of sp³-hybridized carbons (Fsp3) is 0.533. The van der Waals surface area contributed by atoms with Crippen LogP contribution in [-0.2, 0) is 4.74 Å². The van der Waals surface area contributed by atoms with Gasteiger partial charge in [0.25, 0.3) is 0 Å². The minimum Gasteiger partial charge on any atom is -0.389 e. The summed E-state index contributed by atoms with van der Waals surface area (Å²) in [7, 11) is 1.75. The largest absolute Gasteiger partial charge is 0.389 e. The first-order valence-electron chi connectivity index (χ1n) is 6.79. The summed E-state index contributed by atoms with van der Waals surface area (Å²) in [6.45, 7) is 3.96. The second-order valence-corrected chi connectivity index (χ2v) is 5.62. The normalized spacial score (nSPS) is 16.1. The highest BCUT2D eigenvalue weighted by molar-refractivity contribution is 7.80. The summed E-state index contributed by atoms with van der Waals surface area (Å²) in [6.07, 6.45) is 2.69. The van der Waals surface area contributed by atoms with Crippen LogP contribution in [0.1, 0.15) is 25.3 Å². The van der Waals surface area contributed by atoms with Gasteiger partial charge in [-0.05, 0) is 49.9 Å². The molecule has 1 aliphatic rings. The van der Waals surface area contributed by atoms with Crippen molar-refractivity contribution in [3.05, 3.63) is 29.8 Å². The van der Waals surface area contributed by atoms with Crippen molar-refractivity contribution in [2.75, 3.05) is 25.2 Å². The Bertz CT molecular complexity index is 428. The van der Waals surface area contributed by atoms with Crippen molar-refractivity contribution >= 4 is 22.9 Å². The van der Waals surface area contributed by atoms with Crippen molar-refractivity contribution in [3.8, 4) is 0 Å². The average Bonchev–Trinajstić information content (AvgIpc) is 3.23. The van der Waals surface area contributed by atoms with Crippen LogP contribution in [0.3, 0.4) is 0 Å². The molecule has 0 heterocycles. The minimum atomic E-state index is 0.449. The van der Waals surface area contributed by atoms with Crippen molar-refractivity contribution in [1.29, 1.82) is 0 Å². The number of nitrogens with two attached hydrogens (primary N) is 1. The number of thiocarbonyl (C=S) groups is 1. The van der Waals surface area contributed by atoms with Gasteiger partial charge in [-0.25, -0.2) is 0 Å². The number of hydrogen-bond acceptors (Lipinski definition) is 3. The van der Waals surface area contributed by atoms with Gasteiger partial charge in [-0.1, -0.05) is 12.2 Å². The van der Waals surface area contributed by atoms with Crippen LogP contribution < -0.4 is 10.6 Å². The molecule has 1 aliphatic carbocycles. The van der Waals surface area contributed by atoms with Gasteiger partial charge in [-0.2, -0.15) is 0 Å². The molecule has 4 heteroatoms. The Morgan fingerprint density at radius 3 is 2.53 bits per heavy atom. The molecular weight excluding hydrogens is 256 g/mol. The number of hydrogen-bond donors (Lipinski definition) is 1. The topological polar surface area (TPSA) is 38.5 Å². The van der Waals surface area contributed by atoms with E-state index < -0.39 is 0 Å². The molecule has 1 fully saturated rings. The van der Waals surface area contributed by atoms with Gasteiger partial charge in [0.05, 0.1) is 6.61 Å². The van der Waals surface area contributed by atoms with E-state index in [0.29, 0.717) is 11.0 Å². The van der Waals surface area contributed by atoms with E-state index in [1.54, 1.807) is 7.11 Å². The SMILES string of the molecule is COCCN(c1ccc(C(N)=S)cc1)C(C)C1CC1. The van der Waals surface area contributed by atoms with Gasteiger partial charge >= 0.3 is 0 Å². The van der Waals surface area contributed by atoms with Crippen molar-refractivity contribution in [1.82, 2.24) is 0 Å². The summed E-state index contributed by atoms with van der Waals surface area (Å²) in [6, 6.07) is 8.76. The van der Waals surface area contributed by atoms with Crippen molar-refractivity contribution in [2.24, 2.45) is 11.7 Å². The molecule has 1 unspecified atom stereocenters. The monoisotopic (exact) mass is 278 g/mol. The third-order valence-corrected chi connectivity index (χ3v) is 4.05. The molecule has 0 radical (unpaired) electrons. The van der Waals surface area contributed by atoms with E-state index in [-0.39, 0.29) is 0 Å². The van der Waals surface area contributed by atoms with Crippen LogP contribution in [-0.4, -0.2) is 31.3 Å². The van der Waals surface area contributed by atoms with Crippen molar-refractivity contribution in [3.63, 3.8) is 0 Å². The van der Waals surface area contributed by atoms with E-state index in [1.165, 1.54) is 18.5 Å². The second-order valence-electron chi connectivity index (χ2n) is 5.18. The lowest BCUT2D eigenvalue weighted by Gasteiger charge is -2.31. The van der Waals surface area contributed by atoms with Crippen LogP contribution in [0.15, 0.2) is 24.3 Å². The number of ether oxygens (including phenoxy) is 1. The molecule has 2 rings (SSSR count). The third-order valence-electron chi connectivity index (χ3n) is 3.82. The molecule has 0 aromatic heterocycles. The highest BCUT2D eigenvalue weighted by Gasteiger charge is 2.32. The van der Waals surface area contributed by atoms with Crippen LogP contribution >= 0.6 is 12.2 Å². The summed E-state index contributed by atoms with van der Waals surface area (Å²) in [4.78, 5) is 2.87. The molecule has 104 valence electrons. The maximum atomic E-state index is 5.64. The zero-order chi connectivity index (χ0) is 13.8. The first kappa shape index (κ1) is 14.3. The van der Waals surface area contributed by atoms with Gasteiger partial charge in [0.2, 0.25) is 0 Å². The quantitative estimate of drug-likeness (QED) is 0.778. The molecule has 19 heavy (non-hydrogen) atoms. The number of rotatable bonds is 7. The van der Waals surface area contributed by atoms with Crippen LogP contribution in [0, 0.1) is 5.92 Å². The summed E-state index contributed by atoms with van der Waals surface area (Å²) in [5.41, 5.74) is 7.78. The van der Waals surface area contributed by atoms with Crippen LogP contribution in [0.4, 0.5) is 5.69 Å². The van der Waals surface area contributed by atoms with Gasteiger partial charge in [-0.3, -0.25) is 0 Å². The Morgan fingerprint density at radius 2 is 2.05 bits per heavy atom. The fourth-order valence-corrected chi connectivity index (χ4v) is 2.54. The van der Waals surface area contributed by atoms with Crippen molar-refractivity contribution in [2.45, 2.75) is 25.8 Å². The first-order chi connectivity index (χ1) is 9.13. The van der Waals surface area contributed by atoms with Gasteiger partial charge in [0.15, 0.2) is 0 Å². The summed E-state index contributed by atoms with van der Waals surface area (Å²) >= 11 is 4.99. The molecule has 1 aromatic carbocycles. The highest BCUT2D eigenvalue weighted by atomic mass is 32.1. The Morgan fingerprint density at radius 1 is 1.42 bits per heavy atom. The van der Waals surface area contributed by atoms with E-state index in [9.17, 15) is 0 Å². The molecule has 0 saturated heterocycles. The second kappa shape index (κ2) is 6.35. The zero-order valence-corrected chi connectivity index (χ0v) is 12.5. The van der Waals surface area contributed by atoms with Crippen LogP contribution in [0.5, 0.6) is 0 Å². The highest BCUT2D eigenvalue weighted by Crippen LogP contribution is 2.36. The van der Waals surface area contributed by atoms with Gasteiger partial charge in [0, 0.05) is 30.9 Å². The van der Waals surface area contributed by atoms with Crippen molar-refractivity contribution < 1.29 is 4.74 Å². The minimum absolute atomic E-state index is 0.449. The predicted octanol–water partition coefficient (Wildman–Crippen LogP) is 2.57. The molecule has 2 N–H and O–H groups in total. The molecule has 3 nitrogen and oxygen atoms in total. The summed E-state index contributed by atoms with van der Waals surface area (Å²) in [5.74, 6) is 0.826. The van der Waals surface area contributed by atoms with Gasteiger partial charge in [0.1, 0.15) is 4.99 Å². The number of methoxy groups -OCH3 is 1. The standard InChI is InChI=1S/C15H22N2OS/c1-11(12-3-4-12)17(9-10-18-2)14-7-5-13(6-8-14)15(16)19/h5-8,11-12H,3-4,9-10H2,1-2H3,(H2,16,19). The molecule has 0 bridgehead atoms. The lowest BCUT2D eigenvalue weighted by Crippen LogP contribution is -2.37. The first-order valence-corrected chi connectivity index (χ1v) is 7.19. The summed E-state index contributed by atoms with van der Waals surface area (Å²) < 4.78 is 5.22. The lowest BCUT2D eigenvalue weighted by molar-refractivity contribution is 0.202. The maximum Gasteiger partial charge on any atom is 0.103 e. The zero-order valence-electron chi connectivity index (χ0n) is 11.6. The van der Waals surface area contributed by atoms with E-state index in [1.807, 2.05) is 12.1 Å². The Balaban J connectivity index is 2.13. The number of nitrogens with zero attached hydrogens (tertiary/aromatic N) is 1. The molecule has 0 amide bonds. The van der Waals surface area contributed by atoms with Crippen LogP contribution in [0.2, 0.25) is 0 Å². The lowest BCUT2D eigenvalue weighted by atomic mass is 10.1. The van der Waals surface area contributed by atoms with E-state index in [0.717, 1.165) is 24.6 Å². The molecule has 1 saturated carbocycles. The third kappa shape index (κ3) is 3.67. The molecule has 1 atom stereocenters. The maximum absolute atomic E-state index is 5.64. The number of benzene rings is 1. The molecule has 0 spiro atoms. The van der Waals surface area contributed by atoms with Crippen LogP contribution in [0.25, 0.3) is 0 Å². The van der Waals surface area contributed by atoms with E-state index in [2.05, 4.69) is 24.0 Å². The predicted molar refractivity (Wildman–Crippen MR) is 83.7 cm³/mol. The Hall–Kier alpha value is -1.13. The Labute approximate surface area is 120 Å².